The van der Waals surface area contributed by atoms with Gasteiger partial charge in [-0.2, -0.15) is 0 Å². The van der Waals surface area contributed by atoms with Crippen molar-refractivity contribution in [2.45, 2.75) is 47.6 Å². The van der Waals surface area contributed by atoms with E-state index in [9.17, 15) is 9.59 Å². The van der Waals surface area contributed by atoms with Gasteiger partial charge in [-0.25, -0.2) is 0 Å². The lowest BCUT2D eigenvalue weighted by Crippen LogP contribution is -2.37. The largest absolute Gasteiger partial charge is 0.489 e. The first kappa shape index (κ1) is 20.5. The summed E-state index contributed by atoms with van der Waals surface area (Å²) in [7, 11) is 0. The number of hydrogen-bond acceptors (Lipinski definition) is 3. The number of ether oxygens (including phenoxy) is 1. The van der Waals surface area contributed by atoms with Gasteiger partial charge in [0.2, 0.25) is 11.8 Å². The summed E-state index contributed by atoms with van der Waals surface area (Å²) in [6, 6.07) is 11.3. The summed E-state index contributed by atoms with van der Waals surface area (Å²) in [5.74, 6) is 0.111. The molecule has 0 atom stereocenters. The summed E-state index contributed by atoms with van der Waals surface area (Å²) in [6.07, 6.45) is -0.0355. The number of aryl methyl sites for hydroxylation is 3. The van der Waals surface area contributed by atoms with Gasteiger partial charge in [0.1, 0.15) is 12.3 Å². The second kappa shape index (κ2) is 8.71. The fourth-order valence-corrected chi connectivity index (χ4v) is 3.10. The Balaban J connectivity index is 2.25. The zero-order valence-corrected chi connectivity index (χ0v) is 16.9. The lowest BCUT2D eigenvalue weighted by Gasteiger charge is -2.24. The van der Waals surface area contributed by atoms with Gasteiger partial charge in [-0.3, -0.25) is 14.5 Å². The third-order valence-electron chi connectivity index (χ3n) is 4.14. The molecule has 0 aliphatic heterocycles. The predicted molar refractivity (Wildman–Crippen MR) is 110 cm³/mol. The molecular formula is C22H28N2O3. The maximum absolute atomic E-state index is 12.7. The minimum absolute atomic E-state index is 0.0355. The first-order valence-electron chi connectivity index (χ1n) is 9.10. The van der Waals surface area contributed by atoms with Gasteiger partial charge in [-0.15, -0.1) is 0 Å². The van der Waals surface area contributed by atoms with Crippen molar-refractivity contribution in [1.29, 1.82) is 0 Å². The maximum Gasteiger partial charge on any atom is 0.244 e. The van der Waals surface area contributed by atoms with Gasteiger partial charge >= 0.3 is 0 Å². The molecule has 0 spiro atoms. The first-order chi connectivity index (χ1) is 12.7. The van der Waals surface area contributed by atoms with Crippen LogP contribution in [0.3, 0.4) is 0 Å². The number of para-hydroxylation sites is 2. The van der Waals surface area contributed by atoms with Gasteiger partial charge in [0.05, 0.1) is 11.8 Å². The molecule has 0 fully saturated rings. The zero-order chi connectivity index (χ0) is 20.1. The molecule has 0 heterocycles. The number of nitrogens with zero attached hydrogens (tertiary/aromatic N) is 1. The molecule has 5 heteroatoms. The van der Waals surface area contributed by atoms with Gasteiger partial charge in [-0.05, 0) is 57.9 Å². The summed E-state index contributed by atoms with van der Waals surface area (Å²) in [4.78, 5) is 26.4. The van der Waals surface area contributed by atoms with Crippen LogP contribution in [-0.4, -0.2) is 24.5 Å². The van der Waals surface area contributed by atoms with E-state index in [1.165, 1.54) is 11.8 Å². The number of nitrogens with one attached hydrogen (secondary N) is 1. The van der Waals surface area contributed by atoms with Crippen LogP contribution in [-0.2, 0) is 9.59 Å². The molecule has 0 aliphatic carbocycles. The van der Waals surface area contributed by atoms with Crippen molar-refractivity contribution in [3.05, 3.63) is 53.1 Å². The van der Waals surface area contributed by atoms with E-state index in [2.05, 4.69) is 5.32 Å². The van der Waals surface area contributed by atoms with Gasteiger partial charge in [0, 0.05) is 12.6 Å². The third-order valence-corrected chi connectivity index (χ3v) is 4.14. The molecule has 0 bridgehead atoms. The number of carbonyl (C=O) groups excluding carboxylic acids is 2. The molecule has 2 aromatic carbocycles. The second-order valence-corrected chi connectivity index (χ2v) is 7.06. The van der Waals surface area contributed by atoms with Crippen LogP contribution in [0.5, 0.6) is 5.75 Å². The highest BCUT2D eigenvalue weighted by Crippen LogP contribution is 2.29. The second-order valence-electron chi connectivity index (χ2n) is 7.06. The highest BCUT2D eigenvalue weighted by atomic mass is 16.5. The van der Waals surface area contributed by atoms with E-state index < -0.39 is 0 Å². The number of carbonyl (C=O) groups is 2. The van der Waals surface area contributed by atoms with Crippen molar-refractivity contribution in [2.24, 2.45) is 0 Å². The average Bonchev–Trinajstić information content (AvgIpc) is 2.56. The molecular weight excluding hydrogens is 340 g/mol. The third kappa shape index (κ3) is 5.33. The Morgan fingerprint density at radius 3 is 2.22 bits per heavy atom. The Kier molecular flexibility index (Phi) is 6.61. The number of hydrogen-bond donors (Lipinski definition) is 1. The van der Waals surface area contributed by atoms with Crippen LogP contribution in [0.4, 0.5) is 11.4 Å². The van der Waals surface area contributed by atoms with Crippen LogP contribution in [0.1, 0.15) is 37.5 Å². The number of rotatable bonds is 6. The Morgan fingerprint density at radius 1 is 1.07 bits per heavy atom. The standard InChI is InChI=1S/C22H28N2O3/c1-14(2)27-20-10-8-7-9-19(20)24(18(6)25)13-21(26)23-22-16(4)11-15(3)12-17(22)5/h7-12,14H,13H2,1-6H3,(H,23,26). The average molecular weight is 368 g/mol. The predicted octanol–water partition coefficient (Wildman–Crippen LogP) is 4.39. The minimum Gasteiger partial charge on any atom is -0.489 e. The fourth-order valence-electron chi connectivity index (χ4n) is 3.10. The van der Waals surface area contributed by atoms with E-state index in [1.54, 1.807) is 12.1 Å². The summed E-state index contributed by atoms with van der Waals surface area (Å²) in [5.41, 5.74) is 4.53. The molecule has 0 saturated heterocycles. The minimum atomic E-state index is -0.250. The van der Waals surface area contributed by atoms with Gasteiger partial charge in [0.25, 0.3) is 0 Å². The molecule has 27 heavy (non-hydrogen) atoms. The Hall–Kier alpha value is -2.82. The summed E-state index contributed by atoms with van der Waals surface area (Å²) in [6.45, 7) is 11.2. The molecule has 2 rings (SSSR count). The van der Waals surface area contributed by atoms with Crippen LogP contribution < -0.4 is 15.0 Å². The van der Waals surface area contributed by atoms with Crippen LogP contribution in [0.2, 0.25) is 0 Å². The Morgan fingerprint density at radius 2 is 1.67 bits per heavy atom. The molecule has 2 amide bonds. The van der Waals surface area contributed by atoms with Crippen molar-refractivity contribution >= 4 is 23.2 Å². The molecule has 0 saturated carbocycles. The molecule has 0 aliphatic rings. The van der Waals surface area contributed by atoms with Crippen molar-refractivity contribution in [1.82, 2.24) is 0 Å². The normalized spacial score (nSPS) is 10.6. The van der Waals surface area contributed by atoms with Crippen molar-refractivity contribution < 1.29 is 14.3 Å². The van der Waals surface area contributed by atoms with Crippen LogP contribution in [0.25, 0.3) is 0 Å². The smallest absolute Gasteiger partial charge is 0.244 e. The van der Waals surface area contributed by atoms with Crippen molar-refractivity contribution in [3.63, 3.8) is 0 Å². The van der Waals surface area contributed by atoms with E-state index in [-0.39, 0.29) is 24.5 Å². The van der Waals surface area contributed by atoms with Gasteiger partial charge in [-0.1, -0.05) is 29.8 Å². The zero-order valence-electron chi connectivity index (χ0n) is 16.9. The number of benzene rings is 2. The Labute approximate surface area is 161 Å². The van der Waals surface area contributed by atoms with Crippen molar-refractivity contribution in [2.75, 3.05) is 16.8 Å². The van der Waals surface area contributed by atoms with E-state index in [0.29, 0.717) is 11.4 Å². The van der Waals surface area contributed by atoms with Crippen LogP contribution >= 0.6 is 0 Å². The molecule has 2 aromatic rings. The van der Waals surface area contributed by atoms with E-state index in [1.807, 2.05) is 58.9 Å². The topological polar surface area (TPSA) is 58.6 Å². The van der Waals surface area contributed by atoms with Crippen LogP contribution in [0, 0.1) is 20.8 Å². The number of anilines is 2. The molecule has 144 valence electrons. The molecule has 0 radical (unpaired) electrons. The lowest BCUT2D eigenvalue weighted by atomic mass is 10.1. The SMILES string of the molecule is CC(=O)N(CC(=O)Nc1c(C)cc(C)cc1C)c1ccccc1OC(C)C. The van der Waals surface area contributed by atoms with E-state index in [0.717, 1.165) is 22.4 Å². The van der Waals surface area contributed by atoms with Crippen molar-refractivity contribution in [3.8, 4) is 5.75 Å². The molecule has 1 N–H and O–H groups in total. The molecule has 5 nitrogen and oxygen atoms in total. The maximum atomic E-state index is 12.7. The summed E-state index contributed by atoms with van der Waals surface area (Å²) in [5, 5.41) is 2.95. The van der Waals surface area contributed by atoms with Crippen LogP contribution in [0.15, 0.2) is 36.4 Å². The molecule has 0 unspecified atom stereocenters. The summed E-state index contributed by atoms with van der Waals surface area (Å²) < 4.78 is 5.80. The Bertz CT molecular complexity index is 820. The number of amides is 2. The fraction of sp³-hybridized carbons (Fsp3) is 0.364. The van der Waals surface area contributed by atoms with E-state index in [4.69, 9.17) is 4.74 Å². The highest BCUT2D eigenvalue weighted by molar-refractivity contribution is 6.03. The van der Waals surface area contributed by atoms with Gasteiger partial charge < -0.3 is 10.1 Å². The van der Waals surface area contributed by atoms with Gasteiger partial charge in [0.15, 0.2) is 0 Å². The molecule has 0 aromatic heterocycles. The van der Waals surface area contributed by atoms with E-state index >= 15 is 0 Å². The monoisotopic (exact) mass is 368 g/mol. The lowest BCUT2D eigenvalue weighted by molar-refractivity contribution is -0.120. The highest BCUT2D eigenvalue weighted by Gasteiger charge is 2.20. The first-order valence-corrected chi connectivity index (χ1v) is 9.10. The summed E-state index contributed by atoms with van der Waals surface area (Å²) >= 11 is 0. The quantitative estimate of drug-likeness (QED) is 0.823.